The minimum Gasteiger partial charge on any atom is -0.327 e. The van der Waals surface area contributed by atoms with E-state index in [1.807, 2.05) is 13.8 Å². The number of sulfonamides is 1. The highest BCUT2D eigenvalue weighted by atomic mass is 32.2. The highest BCUT2D eigenvalue weighted by Crippen LogP contribution is 2.31. The highest BCUT2D eigenvalue weighted by molar-refractivity contribution is 7.89. The molecule has 0 bridgehead atoms. The average molecular weight is 507 g/mol. The molecular formula is C24H25F3N4O3S. The van der Waals surface area contributed by atoms with Crippen molar-refractivity contribution in [3.05, 3.63) is 66.1 Å². The molecule has 0 saturated carbocycles. The lowest BCUT2D eigenvalue weighted by atomic mass is 9.94. The Morgan fingerprint density at radius 3 is 2.51 bits per heavy atom. The van der Waals surface area contributed by atoms with Gasteiger partial charge in [-0.3, -0.25) is 4.79 Å². The average Bonchev–Trinajstić information content (AvgIpc) is 3.20. The van der Waals surface area contributed by atoms with Crippen LogP contribution in [0.2, 0.25) is 0 Å². The summed E-state index contributed by atoms with van der Waals surface area (Å²) < 4.78 is 67.8. The van der Waals surface area contributed by atoms with E-state index in [4.69, 9.17) is 0 Å². The Balaban J connectivity index is 1.48. The molecule has 1 N–H and O–H groups in total. The van der Waals surface area contributed by atoms with Crippen molar-refractivity contribution in [3.8, 4) is 0 Å². The monoisotopic (exact) mass is 506 g/mol. The normalized spacial score (nSPS) is 19.9. The summed E-state index contributed by atoms with van der Waals surface area (Å²) in [6.07, 6.45) is 0.597. The summed E-state index contributed by atoms with van der Waals surface area (Å²) in [6, 6.07) is 9.05. The van der Waals surface area contributed by atoms with Gasteiger partial charge in [0.05, 0.1) is 27.8 Å². The van der Waals surface area contributed by atoms with E-state index in [1.54, 1.807) is 0 Å². The van der Waals surface area contributed by atoms with Gasteiger partial charge >= 0.3 is 6.18 Å². The smallest absolute Gasteiger partial charge is 0.327 e. The first-order valence-electron chi connectivity index (χ1n) is 11.1. The van der Waals surface area contributed by atoms with Crippen molar-refractivity contribution in [2.24, 2.45) is 11.8 Å². The van der Waals surface area contributed by atoms with E-state index in [1.165, 1.54) is 57.9 Å². The molecule has 0 radical (unpaired) electrons. The molecule has 186 valence electrons. The van der Waals surface area contributed by atoms with Gasteiger partial charge in [0.2, 0.25) is 10.0 Å². The fourth-order valence-corrected chi connectivity index (χ4v) is 6.08. The minimum absolute atomic E-state index is 0.0523. The Hall–Kier alpha value is -3.18. The SMILES string of the molecule is C[C@@H]1C[C@@H](C)CN(S(=O)(=O)c2cccc(C(=O)N/C=C/n3cnc4cc(C(F)(F)F)ccc43)c2)C1. The van der Waals surface area contributed by atoms with Crippen LogP contribution in [0, 0.1) is 11.8 Å². The largest absolute Gasteiger partial charge is 0.416 e. The van der Waals surface area contributed by atoms with Crippen LogP contribution >= 0.6 is 0 Å². The van der Waals surface area contributed by atoms with E-state index in [-0.39, 0.29) is 27.8 Å². The number of hydrogen-bond acceptors (Lipinski definition) is 4. The van der Waals surface area contributed by atoms with Crippen LogP contribution in [-0.2, 0) is 16.2 Å². The highest BCUT2D eigenvalue weighted by Gasteiger charge is 2.32. The van der Waals surface area contributed by atoms with Gasteiger partial charge in [-0.25, -0.2) is 13.4 Å². The molecular weight excluding hydrogens is 481 g/mol. The first-order chi connectivity index (χ1) is 16.4. The van der Waals surface area contributed by atoms with Crippen molar-refractivity contribution in [1.29, 1.82) is 0 Å². The number of imidazole rings is 1. The first kappa shape index (κ1) is 24.9. The van der Waals surface area contributed by atoms with Crippen LogP contribution in [0.25, 0.3) is 17.2 Å². The zero-order valence-corrected chi connectivity index (χ0v) is 20.0. The molecule has 0 unspecified atom stereocenters. The Morgan fingerprint density at radius 2 is 1.83 bits per heavy atom. The second kappa shape index (κ2) is 9.46. The van der Waals surface area contributed by atoms with Crippen molar-refractivity contribution in [2.75, 3.05) is 13.1 Å². The van der Waals surface area contributed by atoms with Crippen LogP contribution in [0.4, 0.5) is 13.2 Å². The number of halogens is 3. The second-order valence-electron chi connectivity index (χ2n) is 8.94. The van der Waals surface area contributed by atoms with Crippen LogP contribution in [-0.4, -0.2) is 41.3 Å². The summed E-state index contributed by atoms with van der Waals surface area (Å²) in [6.45, 7) is 4.92. The van der Waals surface area contributed by atoms with Crippen LogP contribution in [0.15, 0.2) is 59.9 Å². The molecule has 4 rings (SSSR count). The predicted octanol–water partition coefficient (Wildman–Crippen LogP) is 4.58. The van der Waals surface area contributed by atoms with E-state index < -0.39 is 27.7 Å². The van der Waals surface area contributed by atoms with Gasteiger partial charge < -0.3 is 9.88 Å². The summed E-state index contributed by atoms with van der Waals surface area (Å²) in [5.74, 6) is -0.0173. The number of rotatable bonds is 5. The quantitative estimate of drug-likeness (QED) is 0.549. The molecule has 1 aliphatic heterocycles. The Labute approximate surface area is 201 Å². The molecule has 1 saturated heterocycles. The van der Waals surface area contributed by atoms with Crippen molar-refractivity contribution in [1.82, 2.24) is 19.2 Å². The molecule has 1 amide bonds. The molecule has 0 aliphatic carbocycles. The lowest BCUT2D eigenvalue weighted by Gasteiger charge is -2.34. The molecule has 2 aromatic carbocycles. The van der Waals surface area contributed by atoms with E-state index in [9.17, 15) is 26.4 Å². The van der Waals surface area contributed by atoms with E-state index in [2.05, 4.69) is 10.3 Å². The maximum Gasteiger partial charge on any atom is 0.416 e. The third-order valence-corrected chi connectivity index (χ3v) is 7.75. The summed E-state index contributed by atoms with van der Waals surface area (Å²) in [4.78, 5) is 16.7. The van der Waals surface area contributed by atoms with Gasteiger partial charge in [0.15, 0.2) is 0 Å². The third-order valence-electron chi connectivity index (χ3n) is 5.92. The van der Waals surface area contributed by atoms with Gasteiger partial charge in [-0.15, -0.1) is 0 Å². The molecule has 7 nitrogen and oxygen atoms in total. The Kier molecular flexibility index (Phi) is 6.74. The standard InChI is InChI=1S/C24H25F3N4O3S/c1-16-10-17(2)14-31(13-16)35(33,34)20-5-3-4-18(11-20)23(32)28-8-9-30-15-29-21-12-19(24(25,26)27)6-7-22(21)30/h3-9,11-12,15-17H,10,13-14H2,1-2H3,(H,28,32)/b9-8+/t16-,17-/m1/s1. The van der Waals surface area contributed by atoms with Gasteiger partial charge in [0, 0.05) is 31.1 Å². The number of amides is 1. The molecule has 1 fully saturated rings. The number of hydrogen-bond donors (Lipinski definition) is 1. The molecule has 1 aliphatic rings. The van der Waals surface area contributed by atoms with Crippen molar-refractivity contribution < 1.29 is 26.4 Å². The fourth-order valence-electron chi connectivity index (χ4n) is 4.35. The topological polar surface area (TPSA) is 84.3 Å². The number of benzene rings is 2. The molecule has 1 aromatic heterocycles. The number of piperidine rings is 1. The zero-order valence-electron chi connectivity index (χ0n) is 19.2. The second-order valence-corrected chi connectivity index (χ2v) is 10.9. The number of fused-ring (bicyclic) bond motifs is 1. The fraction of sp³-hybridized carbons (Fsp3) is 0.333. The molecule has 35 heavy (non-hydrogen) atoms. The number of nitrogens with one attached hydrogen (secondary N) is 1. The van der Waals surface area contributed by atoms with E-state index in [0.717, 1.165) is 18.6 Å². The summed E-state index contributed by atoms with van der Waals surface area (Å²) in [5.41, 5.74) is -0.0355. The van der Waals surface area contributed by atoms with Gasteiger partial charge in [-0.2, -0.15) is 17.5 Å². The van der Waals surface area contributed by atoms with E-state index >= 15 is 0 Å². The Morgan fingerprint density at radius 1 is 1.11 bits per heavy atom. The number of aromatic nitrogens is 2. The van der Waals surface area contributed by atoms with Gasteiger partial charge in [0.1, 0.15) is 0 Å². The minimum atomic E-state index is -4.46. The number of alkyl halides is 3. The van der Waals surface area contributed by atoms with E-state index in [0.29, 0.717) is 18.6 Å². The lowest BCUT2D eigenvalue weighted by Crippen LogP contribution is -2.42. The van der Waals surface area contributed by atoms with Crippen LogP contribution in [0.1, 0.15) is 36.2 Å². The molecule has 3 aromatic rings. The zero-order chi connectivity index (χ0) is 25.4. The van der Waals surface area contributed by atoms with Crippen molar-refractivity contribution in [2.45, 2.75) is 31.3 Å². The first-order valence-corrected chi connectivity index (χ1v) is 12.5. The molecule has 0 spiro atoms. The summed E-state index contributed by atoms with van der Waals surface area (Å²) >= 11 is 0. The molecule has 2 atom stereocenters. The van der Waals surface area contributed by atoms with Gasteiger partial charge in [-0.1, -0.05) is 19.9 Å². The number of carbonyl (C=O) groups excluding carboxylic acids is 1. The van der Waals surface area contributed by atoms with Crippen LogP contribution in [0.3, 0.4) is 0 Å². The Bertz CT molecular complexity index is 1370. The third kappa shape index (κ3) is 5.40. The van der Waals surface area contributed by atoms with Crippen molar-refractivity contribution >= 4 is 33.2 Å². The van der Waals surface area contributed by atoms with Crippen LogP contribution < -0.4 is 5.32 Å². The van der Waals surface area contributed by atoms with Crippen molar-refractivity contribution in [3.63, 3.8) is 0 Å². The lowest BCUT2D eigenvalue weighted by molar-refractivity contribution is -0.137. The molecule has 2 heterocycles. The van der Waals surface area contributed by atoms with Gasteiger partial charge in [0.25, 0.3) is 5.91 Å². The predicted molar refractivity (Wildman–Crippen MR) is 126 cm³/mol. The van der Waals surface area contributed by atoms with Gasteiger partial charge in [-0.05, 0) is 54.7 Å². The molecule has 11 heteroatoms. The van der Waals surface area contributed by atoms with Crippen LogP contribution in [0.5, 0.6) is 0 Å². The summed E-state index contributed by atoms with van der Waals surface area (Å²) in [5, 5.41) is 2.55. The number of nitrogens with zero attached hydrogens (tertiary/aromatic N) is 3. The summed E-state index contributed by atoms with van der Waals surface area (Å²) in [7, 11) is -3.74. The maximum atomic E-state index is 13.1. The number of carbonyl (C=O) groups is 1. The maximum absolute atomic E-state index is 13.1.